The highest BCUT2D eigenvalue weighted by atomic mass is 16.1. The van der Waals surface area contributed by atoms with Gasteiger partial charge in [0.25, 0.3) is 11.5 Å². The first kappa shape index (κ1) is 17.1. The summed E-state index contributed by atoms with van der Waals surface area (Å²) in [5.41, 5.74) is 2.30. The molecule has 0 aromatic carbocycles. The molecule has 0 radical (unpaired) electrons. The van der Waals surface area contributed by atoms with E-state index >= 15 is 0 Å². The predicted molar refractivity (Wildman–Crippen MR) is 95.7 cm³/mol. The van der Waals surface area contributed by atoms with E-state index in [2.05, 4.69) is 20.3 Å². The summed E-state index contributed by atoms with van der Waals surface area (Å²) in [7, 11) is 1.64. The average molecular weight is 341 g/mol. The minimum atomic E-state index is -0.112. The molecule has 2 aromatic heterocycles. The Labute approximate surface area is 146 Å². The number of nitrogens with zero attached hydrogens (tertiary/aromatic N) is 4. The second-order valence-corrected chi connectivity index (χ2v) is 6.38. The number of hydrogen-bond donors (Lipinski definition) is 1. The van der Waals surface area contributed by atoms with E-state index in [9.17, 15) is 9.59 Å². The second-order valence-electron chi connectivity index (χ2n) is 6.38. The van der Waals surface area contributed by atoms with Crippen LogP contribution in [0.25, 0.3) is 0 Å². The fourth-order valence-corrected chi connectivity index (χ4v) is 3.02. The van der Waals surface area contributed by atoms with E-state index in [0.717, 1.165) is 37.3 Å². The highest BCUT2D eigenvalue weighted by molar-refractivity contribution is 5.94. The fourth-order valence-electron chi connectivity index (χ4n) is 3.02. The van der Waals surface area contributed by atoms with Crippen LogP contribution in [0, 0.1) is 5.92 Å². The number of nitrogens with one attached hydrogen (secondary N) is 1. The van der Waals surface area contributed by atoms with Crippen LogP contribution in [0.3, 0.4) is 0 Å². The van der Waals surface area contributed by atoms with Crippen molar-refractivity contribution in [3.63, 3.8) is 0 Å². The van der Waals surface area contributed by atoms with E-state index in [0.29, 0.717) is 18.0 Å². The van der Waals surface area contributed by atoms with Gasteiger partial charge in [0.05, 0.1) is 11.9 Å². The van der Waals surface area contributed by atoms with E-state index in [4.69, 9.17) is 0 Å². The Morgan fingerprint density at radius 1 is 1.40 bits per heavy atom. The molecule has 1 fully saturated rings. The summed E-state index contributed by atoms with van der Waals surface area (Å²) in [6, 6.07) is 5.18. The lowest BCUT2D eigenvalue weighted by Gasteiger charge is -2.18. The number of anilines is 1. The summed E-state index contributed by atoms with van der Waals surface area (Å²) in [6.45, 7) is 4.32. The monoisotopic (exact) mass is 341 g/mol. The zero-order chi connectivity index (χ0) is 17.8. The molecule has 7 nitrogen and oxygen atoms in total. The lowest BCUT2D eigenvalue weighted by atomic mass is 10.1. The Balaban J connectivity index is 1.55. The van der Waals surface area contributed by atoms with Crippen LogP contribution in [0.1, 0.15) is 29.4 Å². The first-order chi connectivity index (χ1) is 12.1. The van der Waals surface area contributed by atoms with Crippen molar-refractivity contribution >= 4 is 11.6 Å². The van der Waals surface area contributed by atoms with Crippen molar-refractivity contribution in [3.8, 4) is 0 Å². The lowest BCUT2D eigenvalue weighted by Crippen LogP contribution is -2.31. The molecule has 25 heavy (non-hydrogen) atoms. The highest BCUT2D eigenvalue weighted by Crippen LogP contribution is 2.21. The van der Waals surface area contributed by atoms with E-state index in [1.807, 2.05) is 13.0 Å². The topological polar surface area (TPSA) is 80.1 Å². The second kappa shape index (κ2) is 7.46. The predicted octanol–water partition coefficient (Wildman–Crippen LogP) is 0.994. The summed E-state index contributed by atoms with van der Waals surface area (Å²) in [5.74, 6) is 0.297. The van der Waals surface area contributed by atoms with Crippen molar-refractivity contribution < 1.29 is 4.79 Å². The molecule has 7 heteroatoms. The van der Waals surface area contributed by atoms with Crippen molar-refractivity contribution in [1.29, 1.82) is 0 Å². The molecule has 0 bridgehead atoms. The van der Waals surface area contributed by atoms with Crippen LogP contribution < -0.4 is 15.8 Å². The van der Waals surface area contributed by atoms with Crippen LogP contribution in [0.2, 0.25) is 0 Å². The molecule has 3 rings (SSSR count). The first-order valence-electron chi connectivity index (χ1n) is 8.58. The van der Waals surface area contributed by atoms with Crippen LogP contribution in [-0.2, 0) is 13.5 Å². The zero-order valence-corrected chi connectivity index (χ0v) is 14.6. The van der Waals surface area contributed by atoms with Crippen molar-refractivity contribution in [1.82, 2.24) is 20.1 Å². The summed E-state index contributed by atoms with van der Waals surface area (Å²) < 4.78 is 1.32. The molecule has 0 unspecified atom stereocenters. The standard InChI is InChI=1S/C18H23N5O2/c1-3-15-8-14(4-6-19-15)18(25)20-10-13-5-7-23(12-13)16-9-17(24)22(2)21-11-16/h4,6,8-9,11,13H,3,5,7,10,12H2,1-2H3,(H,20,25)/t13-/m1/s1. The number of amides is 1. The maximum atomic E-state index is 12.3. The van der Waals surface area contributed by atoms with Gasteiger partial charge in [-0.3, -0.25) is 14.6 Å². The molecule has 2 aromatic rings. The van der Waals surface area contributed by atoms with Gasteiger partial charge in [0.2, 0.25) is 0 Å². The summed E-state index contributed by atoms with van der Waals surface area (Å²) in [5, 5.41) is 7.08. The quantitative estimate of drug-likeness (QED) is 0.877. The van der Waals surface area contributed by atoms with Gasteiger partial charge >= 0.3 is 0 Å². The number of carbonyl (C=O) groups is 1. The molecule has 3 heterocycles. The van der Waals surface area contributed by atoms with Gasteiger partial charge in [-0.2, -0.15) is 5.10 Å². The van der Waals surface area contributed by atoms with Crippen LogP contribution in [0.15, 0.2) is 35.4 Å². The van der Waals surface area contributed by atoms with Crippen molar-refractivity contribution in [2.75, 3.05) is 24.5 Å². The molecule has 1 saturated heterocycles. The van der Waals surface area contributed by atoms with Gasteiger partial charge in [0, 0.05) is 50.2 Å². The molecule has 0 aliphatic carbocycles. The molecular weight excluding hydrogens is 318 g/mol. The third-order valence-electron chi connectivity index (χ3n) is 4.60. The van der Waals surface area contributed by atoms with E-state index in [1.165, 1.54) is 4.68 Å². The van der Waals surface area contributed by atoms with Crippen LogP contribution in [0.4, 0.5) is 5.69 Å². The minimum absolute atomic E-state index is 0.0641. The van der Waals surface area contributed by atoms with E-state index in [1.54, 1.807) is 31.6 Å². The minimum Gasteiger partial charge on any atom is -0.370 e. The largest absolute Gasteiger partial charge is 0.370 e. The zero-order valence-electron chi connectivity index (χ0n) is 14.6. The molecule has 1 amide bonds. The van der Waals surface area contributed by atoms with Crippen molar-refractivity contribution in [2.24, 2.45) is 13.0 Å². The van der Waals surface area contributed by atoms with Crippen LogP contribution in [-0.4, -0.2) is 40.3 Å². The normalized spacial score (nSPS) is 16.9. The Kier molecular flexibility index (Phi) is 5.11. The van der Waals surface area contributed by atoms with E-state index in [-0.39, 0.29) is 11.5 Å². The Hall–Kier alpha value is -2.70. The van der Waals surface area contributed by atoms with Gasteiger partial charge in [-0.15, -0.1) is 0 Å². The number of carbonyl (C=O) groups excluding carboxylic acids is 1. The highest BCUT2D eigenvalue weighted by Gasteiger charge is 2.24. The lowest BCUT2D eigenvalue weighted by molar-refractivity contribution is 0.0948. The number of rotatable bonds is 5. The Morgan fingerprint density at radius 3 is 3.00 bits per heavy atom. The molecule has 0 saturated carbocycles. The van der Waals surface area contributed by atoms with Crippen molar-refractivity contribution in [2.45, 2.75) is 19.8 Å². The Morgan fingerprint density at radius 2 is 2.24 bits per heavy atom. The maximum absolute atomic E-state index is 12.3. The molecule has 1 aliphatic heterocycles. The molecule has 1 aliphatic rings. The average Bonchev–Trinajstić information content (AvgIpc) is 3.11. The SMILES string of the molecule is CCc1cc(C(=O)NC[C@H]2CCN(c3cnn(C)c(=O)c3)C2)ccn1. The summed E-state index contributed by atoms with van der Waals surface area (Å²) in [6.07, 6.45) is 5.18. The first-order valence-corrected chi connectivity index (χ1v) is 8.58. The summed E-state index contributed by atoms with van der Waals surface area (Å²) >= 11 is 0. The van der Waals surface area contributed by atoms with Gasteiger partial charge in [-0.05, 0) is 30.9 Å². The molecule has 0 spiro atoms. The van der Waals surface area contributed by atoms with Crippen LogP contribution >= 0.6 is 0 Å². The van der Waals surface area contributed by atoms with Gasteiger partial charge in [0.1, 0.15) is 0 Å². The van der Waals surface area contributed by atoms with Crippen LogP contribution in [0.5, 0.6) is 0 Å². The molecule has 132 valence electrons. The number of pyridine rings is 1. The van der Waals surface area contributed by atoms with Crippen molar-refractivity contribution in [3.05, 3.63) is 52.2 Å². The fraction of sp³-hybridized carbons (Fsp3) is 0.444. The maximum Gasteiger partial charge on any atom is 0.268 e. The number of aromatic nitrogens is 3. The van der Waals surface area contributed by atoms with E-state index < -0.39 is 0 Å². The molecular formula is C18H23N5O2. The smallest absolute Gasteiger partial charge is 0.268 e. The third-order valence-corrected chi connectivity index (χ3v) is 4.60. The number of aryl methyl sites for hydroxylation is 2. The summed E-state index contributed by atoms with van der Waals surface area (Å²) in [4.78, 5) is 30.4. The Bertz CT molecular complexity index is 817. The van der Waals surface area contributed by atoms with Gasteiger partial charge in [-0.25, -0.2) is 4.68 Å². The van der Waals surface area contributed by atoms with Gasteiger partial charge in [0.15, 0.2) is 0 Å². The molecule has 1 atom stereocenters. The molecule has 1 N–H and O–H groups in total. The third kappa shape index (κ3) is 4.04. The van der Waals surface area contributed by atoms with Gasteiger partial charge < -0.3 is 10.2 Å². The van der Waals surface area contributed by atoms with Gasteiger partial charge in [-0.1, -0.05) is 6.92 Å². The number of hydrogen-bond acceptors (Lipinski definition) is 5.